The minimum absolute atomic E-state index is 0.00117. The summed E-state index contributed by atoms with van der Waals surface area (Å²) >= 11 is 0. The molecule has 144 valence electrons. The van der Waals surface area contributed by atoms with Gasteiger partial charge in [-0.25, -0.2) is 0 Å². The van der Waals surface area contributed by atoms with E-state index >= 15 is 0 Å². The van der Waals surface area contributed by atoms with Crippen LogP contribution < -0.4 is 4.90 Å². The van der Waals surface area contributed by atoms with E-state index < -0.39 is 10.9 Å². The highest BCUT2D eigenvalue weighted by Crippen LogP contribution is 2.23. The molecule has 2 rings (SSSR count). The number of carbonyl (C=O) groups excluding carboxylic acids is 1. The first-order valence-corrected chi connectivity index (χ1v) is 8.57. The third-order valence-electron chi connectivity index (χ3n) is 3.79. The Labute approximate surface area is 162 Å². The number of anilines is 1. The van der Waals surface area contributed by atoms with Crippen LogP contribution in [-0.2, 0) is 9.53 Å². The Hall–Kier alpha value is -3.80. The lowest BCUT2D eigenvalue weighted by Crippen LogP contribution is -2.27. The second-order valence-electron chi connectivity index (χ2n) is 5.62. The van der Waals surface area contributed by atoms with Gasteiger partial charge >= 0.3 is 5.97 Å². The number of hydrogen-bond acceptors (Lipinski definition) is 8. The highest BCUT2D eigenvalue weighted by molar-refractivity contribution is 5.71. The molecule has 0 radical (unpaired) electrons. The molecule has 0 N–H and O–H groups in total. The number of hydrogen-bond donors (Lipinski definition) is 0. The van der Waals surface area contributed by atoms with Gasteiger partial charge in [0, 0.05) is 24.4 Å². The molecule has 0 aliphatic carbocycles. The molecule has 0 amide bonds. The zero-order valence-corrected chi connectivity index (χ0v) is 15.3. The summed E-state index contributed by atoms with van der Waals surface area (Å²) in [5.74, 6) is -0.527. The predicted octanol–water partition coefficient (Wildman–Crippen LogP) is 4.29. The zero-order valence-electron chi connectivity index (χ0n) is 15.3. The van der Waals surface area contributed by atoms with Gasteiger partial charge in [-0.15, -0.1) is 0 Å². The second kappa shape index (κ2) is 10.4. The van der Waals surface area contributed by atoms with E-state index in [2.05, 4.69) is 10.2 Å². The number of esters is 1. The van der Waals surface area contributed by atoms with Crippen molar-refractivity contribution in [2.75, 3.05) is 24.6 Å². The lowest BCUT2D eigenvalue weighted by molar-refractivity contribution is -0.384. The number of rotatable bonds is 9. The van der Waals surface area contributed by atoms with Gasteiger partial charge in [-0.3, -0.25) is 14.9 Å². The third-order valence-corrected chi connectivity index (χ3v) is 3.79. The molecule has 2 aromatic rings. The van der Waals surface area contributed by atoms with Crippen LogP contribution in [0.5, 0.6) is 0 Å². The highest BCUT2D eigenvalue weighted by Gasteiger charge is 2.07. The van der Waals surface area contributed by atoms with Gasteiger partial charge in [0.05, 0.1) is 28.9 Å². The van der Waals surface area contributed by atoms with E-state index in [1.54, 1.807) is 18.2 Å². The van der Waals surface area contributed by atoms with Crippen LogP contribution >= 0.6 is 0 Å². The lowest BCUT2D eigenvalue weighted by atomic mass is 10.2. The van der Waals surface area contributed by atoms with E-state index in [-0.39, 0.29) is 18.7 Å². The van der Waals surface area contributed by atoms with Gasteiger partial charge in [0.15, 0.2) is 0 Å². The summed E-state index contributed by atoms with van der Waals surface area (Å²) in [4.78, 5) is 23.4. The highest BCUT2D eigenvalue weighted by atomic mass is 16.6. The molecule has 0 unspecified atom stereocenters. The molecule has 0 atom stereocenters. The number of nitro benzene ring substituents is 1. The topological polar surface area (TPSA) is 121 Å². The molecule has 9 heteroatoms. The van der Waals surface area contributed by atoms with E-state index in [0.717, 1.165) is 12.2 Å². The van der Waals surface area contributed by atoms with Crippen molar-refractivity contribution in [1.29, 1.82) is 5.26 Å². The van der Waals surface area contributed by atoms with Crippen LogP contribution in [0, 0.1) is 21.4 Å². The van der Waals surface area contributed by atoms with Crippen molar-refractivity contribution in [2.24, 2.45) is 10.2 Å². The average Bonchev–Trinajstić information content (AvgIpc) is 2.71. The molecule has 2 aromatic carbocycles. The maximum Gasteiger partial charge on any atom is 0.320 e. The Bertz CT molecular complexity index is 873. The molecule has 0 fully saturated rings. The van der Waals surface area contributed by atoms with Gasteiger partial charge in [0.1, 0.15) is 13.0 Å². The number of nitrogens with zero attached hydrogens (tertiary/aromatic N) is 5. The lowest BCUT2D eigenvalue weighted by Gasteiger charge is -2.22. The number of nitro groups is 1. The van der Waals surface area contributed by atoms with Crippen molar-refractivity contribution >= 4 is 28.7 Å². The van der Waals surface area contributed by atoms with Gasteiger partial charge < -0.3 is 9.64 Å². The number of benzene rings is 2. The zero-order chi connectivity index (χ0) is 20.4. The van der Waals surface area contributed by atoms with Crippen molar-refractivity contribution in [3.05, 3.63) is 58.6 Å². The minimum Gasteiger partial charge on any atom is -0.463 e. The molecular formula is C19H19N5O4. The number of likely N-dealkylation sites (N-methyl/N-ethyl adjacent to an activating group) is 1. The van der Waals surface area contributed by atoms with Gasteiger partial charge in [-0.2, -0.15) is 15.5 Å². The number of ether oxygens (including phenoxy) is 1. The van der Waals surface area contributed by atoms with E-state index in [0.29, 0.717) is 17.9 Å². The second-order valence-corrected chi connectivity index (χ2v) is 5.62. The Morgan fingerprint density at radius 3 is 2.21 bits per heavy atom. The SMILES string of the molecule is CCN(CCOC(=O)CC#N)c1ccc(N=Nc2ccc([N+](=O)[O-])cc2)cc1. The fourth-order valence-corrected chi connectivity index (χ4v) is 2.34. The van der Waals surface area contributed by atoms with Crippen molar-refractivity contribution in [3.8, 4) is 6.07 Å². The Morgan fingerprint density at radius 1 is 1.14 bits per heavy atom. The summed E-state index contributed by atoms with van der Waals surface area (Å²) in [6.07, 6.45) is -0.249. The third kappa shape index (κ3) is 6.17. The van der Waals surface area contributed by atoms with Crippen LogP contribution in [0.4, 0.5) is 22.7 Å². The standard InChI is InChI=1S/C19H19N5O4/c1-2-23(13-14-28-19(25)11-12-20)17-7-3-15(4-8-17)21-22-16-5-9-18(10-6-16)24(26)27/h3-10H,2,11,13-14H2,1H3. The predicted molar refractivity (Wildman–Crippen MR) is 103 cm³/mol. The largest absolute Gasteiger partial charge is 0.463 e. The summed E-state index contributed by atoms with van der Waals surface area (Å²) < 4.78 is 4.99. The first-order valence-electron chi connectivity index (χ1n) is 8.57. The summed E-state index contributed by atoms with van der Waals surface area (Å²) in [5, 5.41) is 27.3. The van der Waals surface area contributed by atoms with Crippen molar-refractivity contribution < 1.29 is 14.5 Å². The van der Waals surface area contributed by atoms with E-state index in [1.807, 2.05) is 24.0 Å². The molecule has 28 heavy (non-hydrogen) atoms. The average molecular weight is 381 g/mol. The minimum atomic E-state index is -0.527. The molecule has 0 saturated heterocycles. The van der Waals surface area contributed by atoms with Crippen molar-refractivity contribution in [2.45, 2.75) is 13.3 Å². The Kier molecular flexibility index (Phi) is 7.60. The summed E-state index contributed by atoms with van der Waals surface area (Å²) in [6, 6.07) is 14.9. The molecule has 0 saturated carbocycles. The molecule has 0 spiro atoms. The smallest absolute Gasteiger partial charge is 0.320 e. The van der Waals surface area contributed by atoms with Crippen LogP contribution in [0.1, 0.15) is 13.3 Å². The molecule has 0 bridgehead atoms. The van der Waals surface area contributed by atoms with E-state index in [1.165, 1.54) is 24.3 Å². The quantitative estimate of drug-likeness (QED) is 0.276. The van der Waals surface area contributed by atoms with Gasteiger partial charge in [0.25, 0.3) is 5.69 Å². The van der Waals surface area contributed by atoms with Crippen molar-refractivity contribution in [3.63, 3.8) is 0 Å². The number of nitriles is 1. The fraction of sp³-hybridized carbons (Fsp3) is 0.263. The van der Waals surface area contributed by atoms with Crippen LogP contribution in [0.3, 0.4) is 0 Å². The monoisotopic (exact) mass is 381 g/mol. The van der Waals surface area contributed by atoms with Gasteiger partial charge in [-0.1, -0.05) is 0 Å². The molecular weight excluding hydrogens is 362 g/mol. The fourth-order valence-electron chi connectivity index (χ4n) is 2.34. The van der Waals surface area contributed by atoms with Crippen LogP contribution in [0.25, 0.3) is 0 Å². The van der Waals surface area contributed by atoms with Crippen LogP contribution in [0.2, 0.25) is 0 Å². The number of azo groups is 1. The van der Waals surface area contributed by atoms with Crippen LogP contribution in [0.15, 0.2) is 58.8 Å². The first kappa shape index (κ1) is 20.5. The van der Waals surface area contributed by atoms with E-state index in [9.17, 15) is 14.9 Å². The van der Waals surface area contributed by atoms with Gasteiger partial charge in [-0.05, 0) is 43.3 Å². The molecule has 0 aliphatic rings. The number of non-ortho nitro benzene ring substituents is 1. The summed E-state index contributed by atoms with van der Waals surface area (Å²) in [5.41, 5.74) is 2.09. The maximum absolute atomic E-state index is 11.2. The maximum atomic E-state index is 11.2. The number of carbonyl (C=O) groups is 1. The summed E-state index contributed by atoms with van der Waals surface area (Å²) in [6.45, 7) is 3.42. The molecule has 0 aromatic heterocycles. The van der Waals surface area contributed by atoms with Crippen LogP contribution in [-0.4, -0.2) is 30.6 Å². The van der Waals surface area contributed by atoms with Gasteiger partial charge in [0.2, 0.25) is 0 Å². The molecule has 9 nitrogen and oxygen atoms in total. The molecule has 0 heterocycles. The normalized spacial score (nSPS) is 10.4. The first-order chi connectivity index (χ1) is 13.5. The van der Waals surface area contributed by atoms with Crippen molar-refractivity contribution in [1.82, 2.24) is 0 Å². The Balaban J connectivity index is 1.94. The van der Waals surface area contributed by atoms with E-state index in [4.69, 9.17) is 10.00 Å². The summed E-state index contributed by atoms with van der Waals surface area (Å²) in [7, 11) is 0. The molecule has 0 aliphatic heterocycles. The Morgan fingerprint density at radius 2 is 1.71 bits per heavy atom.